The predicted octanol–water partition coefficient (Wildman–Crippen LogP) is 3.26. The molecule has 1 aromatic carbocycles. The van der Waals surface area contributed by atoms with Gasteiger partial charge in [0, 0.05) is 0 Å². The molecule has 4 heteroatoms. The number of ether oxygens (including phenoxy) is 1. The summed E-state index contributed by atoms with van der Waals surface area (Å²) < 4.78 is 10.5. The van der Waals surface area contributed by atoms with Crippen LogP contribution in [0.1, 0.15) is 32.0 Å². The zero-order chi connectivity index (χ0) is 13.2. The molecule has 2 rings (SSSR count). The van der Waals surface area contributed by atoms with E-state index in [4.69, 9.17) is 14.3 Å². The topological polar surface area (TPSA) is 55.5 Å². The van der Waals surface area contributed by atoms with Gasteiger partial charge >= 0.3 is 6.08 Å². The highest BCUT2D eigenvalue weighted by Crippen LogP contribution is 2.26. The minimum Gasteiger partial charge on any atom is -0.417 e. The van der Waals surface area contributed by atoms with E-state index in [0.29, 0.717) is 11.4 Å². The quantitative estimate of drug-likeness (QED) is 0.904. The molecule has 1 N–H and O–H groups in total. The van der Waals surface area contributed by atoms with E-state index in [9.17, 15) is 0 Å². The number of benzene rings is 1. The van der Waals surface area contributed by atoms with Crippen molar-refractivity contribution >= 4 is 0 Å². The van der Waals surface area contributed by atoms with E-state index in [1.807, 2.05) is 24.3 Å². The number of oxazole rings is 1. The molecule has 2 aromatic rings. The standard InChI is InChI=1S/C14H17NO3/c1-14(2,3)10-4-6-12(7-5-10)18-13-15-11(8-16)9-17-13/h4-7,9,16H,8H2,1-3H3. The third kappa shape index (κ3) is 2.90. The molecule has 0 aliphatic carbocycles. The largest absolute Gasteiger partial charge is 0.417 e. The minimum absolute atomic E-state index is 0.117. The molecule has 0 atom stereocenters. The van der Waals surface area contributed by atoms with Crippen LogP contribution in [-0.4, -0.2) is 10.1 Å². The monoisotopic (exact) mass is 247 g/mol. The van der Waals surface area contributed by atoms with Gasteiger partial charge in [-0.15, -0.1) is 0 Å². The number of hydrogen-bond acceptors (Lipinski definition) is 4. The third-order valence-corrected chi connectivity index (χ3v) is 2.62. The maximum Gasteiger partial charge on any atom is 0.399 e. The minimum atomic E-state index is -0.157. The molecule has 1 heterocycles. The van der Waals surface area contributed by atoms with Crippen LogP contribution in [-0.2, 0) is 12.0 Å². The van der Waals surface area contributed by atoms with Gasteiger partial charge in [0.1, 0.15) is 17.7 Å². The molecular weight excluding hydrogens is 230 g/mol. The van der Waals surface area contributed by atoms with Crippen molar-refractivity contribution in [1.29, 1.82) is 0 Å². The third-order valence-electron chi connectivity index (χ3n) is 2.62. The lowest BCUT2D eigenvalue weighted by Gasteiger charge is -2.18. The average Bonchev–Trinajstić information content (AvgIpc) is 2.76. The maximum absolute atomic E-state index is 8.86. The first-order valence-electron chi connectivity index (χ1n) is 5.83. The van der Waals surface area contributed by atoms with Gasteiger partial charge in [-0.3, -0.25) is 0 Å². The second-order valence-corrected chi connectivity index (χ2v) is 5.14. The van der Waals surface area contributed by atoms with Crippen molar-refractivity contribution in [3.8, 4) is 11.8 Å². The smallest absolute Gasteiger partial charge is 0.399 e. The van der Waals surface area contributed by atoms with Gasteiger partial charge in [0.25, 0.3) is 0 Å². The summed E-state index contributed by atoms with van der Waals surface area (Å²) in [5.41, 5.74) is 1.81. The van der Waals surface area contributed by atoms with Crippen LogP contribution in [0.25, 0.3) is 0 Å². The Hall–Kier alpha value is -1.81. The van der Waals surface area contributed by atoms with Crippen LogP contribution in [0.4, 0.5) is 0 Å². The van der Waals surface area contributed by atoms with Crippen LogP contribution < -0.4 is 4.74 Å². The molecule has 0 unspecified atom stereocenters. The van der Waals surface area contributed by atoms with Gasteiger partial charge in [0.15, 0.2) is 0 Å². The number of rotatable bonds is 3. The van der Waals surface area contributed by atoms with Crippen LogP contribution >= 0.6 is 0 Å². The molecule has 0 fully saturated rings. The van der Waals surface area contributed by atoms with Gasteiger partial charge in [-0.25, -0.2) is 0 Å². The second kappa shape index (κ2) is 4.82. The summed E-state index contributed by atoms with van der Waals surface area (Å²) >= 11 is 0. The Kier molecular flexibility index (Phi) is 3.39. The van der Waals surface area contributed by atoms with Crippen molar-refractivity contribution in [2.45, 2.75) is 32.8 Å². The van der Waals surface area contributed by atoms with Gasteiger partial charge in [-0.2, -0.15) is 4.98 Å². The van der Waals surface area contributed by atoms with Crippen molar-refractivity contribution in [3.05, 3.63) is 41.8 Å². The molecule has 1 aromatic heterocycles. The number of aromatic nitrogens is 1. The van der Waals surface area contributed by atoms with Crippen molar-refractivity contribution in [2.75, 3.05) is 0 Å². The first kappa shape index (κ1) is 12.6. The van der Waals surface area contributed by atoms with Gasteiger partial charge in [-0.05, 0) is 23.1 Å². The van der Waals surface area contributed by atoms with Crippen molar-refractivity contribution in [3.63, 3.8) is 0 Å². The highest BCUT2D eigenvalue weighted by atomic mass is 16.6. The summed E-state index contributed by atoms with van der Waals surface area (Å²) in [7, 11) is 0. The average molecular weight is 247 g/mol. The molecule has 4 nitrogen and oxygen atoms in total. The first-order valence-corrected chi connectivity index (χ1v) is 5.83. The molecule has 0 aliphatic rings. The molecule has 0 saturated heterocycles. The van der Waals surface area contributed by atoms with Crippen molar-refractivity contribution in [2.24, 2.45) is 0 Å². The van der Waals surface area contributed by atoms with Crippen molar-refractivity contribution < 1.29 is 14.3 Å². The number of aliphatic hydroxyl groups is 1. The Bertz CT molecular complexity index is 509. The van der Waals surface area contributed by atoms with E-state index in [0.717, 1.165) is 0 Å². The summed E-state index contributed by atoms with van der Waals surface area (Å²) in [6.45, 7) is 6.31. The van der Waals surface area contributed by atoms with Gasteiger partial charge < -0.3 is 14.3 Å². The Morgan fingerprint density at radius 2 is 1.89 bits per heavy atom. The highest BCUT2D eigenvalue weighted by molar-refractivity contribution is 5.32. The number of hydrogen-bond donors (Lipinski definition) is 1. The van der Waals surface area contributed by atoms with Crippen LogP contribution in [0, 0.1) is 0 Å². The summed E-state index contributed by atoms with van der Waals surface area (Å²) in [6, 6.07) is 7.79. The summed E-state index contributed by atoms with van der Waals surface area (Å²) in [4.78, 5) is 3.96. The van der Waals surface area contributed by atoms with E-state index in [1.54, 1.807) is 0 Å². The van der Waals surface area contributed by atoms with Gasteiger partial charge in [-0.1, -0.05) is 32.9 Å². The summed E-state index contributed by atoms with van der Waals surface area (Å²) in [5, 5.41) is 8.86. The molecule has 18 heavy (non-hydrogen) atoms. The van der Waals surface area contributed by atoms with Crippen LogP contribution in [0.3, 0.4) is 0 Å². The molecule has 0 amide bonds. The Morgan fingerprint density at radius 3 is 2.39 bits per heavy atom. The predicted molar refractivity (Wildman–Crippen MR) is 67.6 cm³/mol. The van der Waals surface area contributed by atoms with Gasteiger partial charge in [0.05, 0.1) is 6.61 Å². The molecule has 0 aliphatic heterocycles. The van der Waals surface area contributed by atoms with E-state index in [2.05, 4.69) is 25.8 Å². The van der Waals surface area contributed by atoms with E-state index >= 15 is 0 Å². The highest BCUT2D eigenvalue weighted by Gasteiger charge is 2.13. The Labute approximate surface area is 106 Å². The lowest BCUT2D eigenvalue weighted by molar-refractivity contribution is 0.276. The fourth-order valence-electron chi connectivity index (χ4n) is 1.53. The maximum atomic E-state index is 8.86. The second-order valence-electron chi connectivity index (χ2n) is 5.14. The molecule has 0 spiro atoms. The lowest BCUT2D eigenvalue weighted by Crippen LogP contribution is -2.10. The van der Waals surface area contributed by atoms with Crippen LogP contribution in [0.5, 0.6) is 11.8 Å². The fraction of sp³-hybridized carbons (Fsp3) is 0.357. The van der Waals surface area contributed by atoms with Crippen molar-refractivity contribution in [1.82, 2.24) is 4.98 Å². The van der Waals surface area contributed by atoms with Crippen LogP contribution in [0.15, 0.2) is 34.9 Å². The summed E-state index contributed by atoms with van der Waals surface area (Å²) in [5.74, 6) is 0.661. The van der Waals surface area contributed by atoms with E-state index < -0.39 is 0 Å². The molecule has 96 valence electrons. The number of aliphatic hydroxyl groups excluding tert-OH is 1. The van der Waals surface area contributed by atoms with E-state index in [-0.39, 0.29) is 18.1 Å². The molecular formula is C14H17NO3. The van der Waals surface area contributed by atoms with E-state index in [1.165, 1.54) is 11.8 Å². The SMILES string of the molecule is CC(C)(C)c1ccc(Oc2nc(CO)co2)cc1. The summed E-state index contributed by atoms with van der Waals surface area (Å²) in [6.07, 6.45) is 1.52. The van der Waals surface area contributed by atoms with Crippen LogP contribution in [0.2, 0.25) is 0 Å². The first-order chi connectivity index (χ1) is 8.49. The normalized spacial score (nSPS) is 11.6. The lowest BCUT2D eigenvalue weighted by atomic mass is 9.87. The number of nitrogens with zero attached hydrogens (tertiary/aromatic N) is 1. The molecule has 0 bridgehead atoms. The van der Waals surface area contributed by atoms with Gasteiger partial charge in [0.2, 0.25) is 0 Å². The Morgan fingerprint density at radius 1 is 1.22 bits per heavy atom. The molecule has 0 radical (unpaired) electrons. The molecule has 0 saturated carbocycles. The Balaban J connectivity index is 2.11. The zero-order valence-electron chi connectivity index (χ0n) is 10.8. The zero-order valence-corrected chi connectivity index (χ0v) is 10.8. The fourth-order valence-corrected chi connectivity index (χ4v) is 1.53.